The second-order valence-corrected chi connectivity index (χ2v) is 5.83. The molecule has 0 bridgehead atoms. The van der Waals surface area contributed by atoms with E-state index in [0.717, 1.165) is 4.90 Å². The summed E-state index contributed by atoms with van der Waals surface area (Å²) in [4.78, 5) is 36.3. The van der Waals surface area contributed by atoms with Crippen LogP contribution in [0.15, 0.2) is 45.9 Å². The first-order valence-electron chi connectivity index (χ1n) is 7.52. The van der Waals surface area contributed by atoms with Gasteiger partial charge in [0.05, 0.1) is 19.9 Å². The summed E-state index contributed by atoms with van der Waals surface area (Å²) in [5.41, 5.74) is 0.195. The van der Waals surface area contributed by atoms with E-state index in [-0.39, 0.29) is 12.1 Å². The summed E-state index contributed by atoms with van der Waals surface area (Å²) in [6.45, 7) is -0.467. The van der Waals surface area contributed by atoms with E-state index in [9.17, 15) is 14.4 Å². The number of rotatable bonds is 7. The second-order valence-electron chi connectivity index (χ2n) is 4.95. The third-order valence-corrected chi connectivity index (χ3v) is 3.94. The predicted octanol–water partition coefficient (Wildman–Crippen LogP) is 2.19. The van der Waals surface area contributed by atoms with E-state index in [1.54, 1.807) is 30.3 Å². The molecule has 0 aliphatic heterocycles. The van der Waals surface area contributed by atoms with Crippen LogP contribution in [0.5, 0.6) is 5.75 Å². The number of hydrogen-bond donors (Lipinski definition) is 2. The van der Waals surface area contributed by atoms with Crippen molar-refractivity contribution in [3.63, 3.8) is 0 Å². The predicted molar refractivity (Wildman–Crippen MR) is 94.1 cm³/mol. The van der Waals surface area contributed by atoms with Gasteiger partial charge >= 0.3 is 12.0 Å². The highest BCUT2D eigenvalue weighted by Gasteiger charge is 2.17. The number of thioether (sulfide) groups is 1. The Bertz CT molecular complexity index is 776. The maximum atomic E-state index is 12.1. The number of carbonyl (C=O) groups excluding carboxylic acids is 3. The van der Waals surface area contributed by atoms with E-state index in [0.29, 0.717) is 11.5 Å². The van der Waals surface area contributed by atoms with Gasteiger partial charge in [-0.25, -0.2) is 9.59 Å². The monoisotopic (exact) mass is 378 g/mol. The molecule has 2 aromatic rings. The molecule has 2 N–H and O–H groups in total. The molecule has 0 fully saturated rings. The molecule has 1 heterocycles. The average Bonchev–Trinajstić information content (AvgIpc) is 3.17. The molecule has 0 aliphatic rings. The lowest BCUT2D eigenvalue weighted by atomic mass is 10.2. The minimum atomic E-state index is -0.755. The summed E-state index contributed by atoms with van der Waals surface area (Å²) in [6, 6.07) is 7.64. The lowest BCUT2D eigenvalue weighted by Crippen LogP contribution is -2.41. The molecule has 0 saturated carbocycles. The summed E-state index contributed by atoms with van der Waals surface area (Å²) >= 11 is 1.50. The van der Waals surface area contributed by atoms with Crippen molar-refractivity contribution in [3.8, 4) is 5.75 Å². The summed E-state index contributed by atoms with van der Waals surface area (Å²) in [5.74, 6) is -0.589. The first-order chi connectivity index (χ1) is 12.5. The molecular weight excluding hydrogens is 360 g/mol. The second kappa shape index (κ2) is 9.52. The van der Waals surface area contributed by atoms with Gasteiger partial charge in [0.15, 0.2) is 6.61 Å². The Kier molecular flexibility index (Phi) is 7.10. The fraction of sp³-hybridized carbons (Fsp3) is 0.235. The zero-order valence-electron chi connectivity index (χ0n) is 14.2. The summed E-state index contributed by atoms with van der Waals surface area (Å²) in [5, 5.41) is 4.49. The first kappa shape index (κ1) is 19.4. The van der Waals surface area contributed by atoms with Gasteiger partial charge in [-0.1, -0.05) is 0 Å². The number of ether oxygens (including phenoxy) is 2. The van der Waals surface area contributed by atoms with Gasteiger partial charge in [-0.05, 0) is 36.6 Å². The molecule has 9 heteroatoms. The lowest BCUT2D eigenvalue weighted by Gasteiger charge is -2.10. The highest BCUT2D eigenvalue weighted by atomic mass is 32.2. The highest BCUT2D eigenvalue weighted by molar-refractivity contribution is 7.98. The Hall–Kier alpha value is -2.94. The molecule has 2 rings (SSSR count). The summed E-state index contributed by atoms with van der Waals surface area (Å²) in [7, 11) is 1.44. The van der Waals surface area contributed by atoms with Crippen LogP contribution in [-0.2, 0) is 16.1 Å². The minimum absolute atomic E-state index is 0.130. The normalized spacial score (nSPS) is 10.1. The van der Waals surface area contributed by atoms with Crippen LogP contribution in [-0.4, -0.2) is 37.9 Å². The number of benzene rings is 1. The minimum Gasteiger partial charge on any atom is -0.496 e. The van der Waals surface area contributed by atoms with Crippen LogP contribution >= 0.6 is 11.8 Å². The van der Waals surface area contributed by atoms with Crippen LogP contribution < -0.4 is 15.4 Å². The van der Waals surface area contributed by atoms with Crippen LogP contribution in [0.4, 0.5) is 4.79 Å². The maximum Gasteiger partial charge on any atom is 0.342 e. The molecule has 3 amide bonds. The van der Waals surface area contributed by atoms with Gasteiger partial charge in [-0.15, -0.1) is 11.8 Å². The molecule has 0 unspecified atom stereocenters. The van der Waals surface area contributed by atoms with Crippen molar-refractivity contribution in [2.24, 2.45) is 0 Å². The maximum absolute atomic E-state index is 12.1. The summed E-state index contributed by atoms with van der Waals surface area (Å²) < 4.78 is 15.1. The molecule has 8 nitrogen and oxygen atoms in total. The van der Waals surface area contributed by atoms with Gasteiger partial charge in [0, 0.05) is 4.90 Å². The average molecular weight is 378 g/mol. The van der Waals surface area contributed by atoms with E-state index >= 15 is 0 Å². The van der Waals surface area contributed by atoms with E-state index in [4.69, 9.17) is 13.9 Å². The quantitative estimate of drug-likeness (QED) is 0.562. The Morgan fingerprint density at radius 1 is 1.23 bits per heavy atom. The molecule has 1 aromatic carbocycles. The zero-order chi connectivity index (χ0) is 18.9. The number of imide groups is 1. The van der Waals surface area contributed by atoms with Crippen molar-refractivity contribution >= 4 is 29.7 Å². The van der Waals surface area contributed by atoms with E-state index in [1.165, 1.54) is 25.1 Å². The smallest absolute Gasteiger partial charge is 0.342 e. The van der Waals surface area contributed by atoms with E-state index in [2.05, 4.69) is 10.6 Å². The lowest BCUT2D eigenvalue weighted by molar-refractivity contribution is -0.123. The SMILES string of the molecule is COc1cc(SC)ccc1C(=O)OCC(=O)NC(=O)NCc1ccco1. The van der Waals surface area contributed by atoms with Crippen LogP contribution in [0.25, 0.3) is 0 Å². The number of amides is 3. The van der Waals surface area contributed by atoms with Crippen LogP contribution in [0.3, 0.4) is 0 Å². The molecule has 0 atom stereocenters. The van der Waals surface area contributed by atoms with Crippen molar-refractivity contribution in [1.29, 1.82) is 0 Å². The molecule has 138 valence electrons. The van der Waals surface area contributed by atoms with E-state index in [1.807, 2.05) is 6.26 Å². The number of hydrogen-bond acceptors (Lipinski definition) is 7. The molecule has 0 aliphatic carbocycles. The Balaban J connectivity index is 1.81. The number of esters is 1. The Labute approximate surface area is 154 Å². The number of nitrogens with one attached hydrogen (secondary N) is 2. The molecule has 0 saturated heterocycles. The largest absolute Gasteiger partial charge is 0.496 e. The third kappa shape index (κ3) is 5.55. The van der Waals surface area contributed by atoms with E-state index < -0.39 is 24.5 Å². The van der Waals surface area contributed by atoms with Crippen molar-refractivity contribution in [3.05, 3.63) is 47.9 Å². The van der Waals surface area contributed by atoms with Gasteiger partial charge in [0.1, 0.15) is 17.1 Å². The standard InChI is InChI=1S/C17H18N2O6S/c1-23-14-8-12(26-2)5-6-13(14)16(21)25-10-15(20)19-17(22)18-9-11-4-3-7-24-11/h3-8H,9-10H2,1-2H3,(H2,18,19,20,22). The fourth-order valence-electron chi connectivity index (χ4n) is 1.96. The van der Waals surface area contributed by atoms with Crippen molar-refractivity contribution in [2.45, 2.75) is 11.4 Å². The van der Waals surface area contributed by atoms with Crippen LogP contribution in [0, 0.1) is 0 Å². The first-order valence-corrected chi connectivity index (χ1v) is 8.75. The summed E-state index contributed by atoms with van der Waals surface area (Å²) in [6.07, 6.45) is 3.37. The molecule has 0 radical (unpaired) electrons. The van der Waals surface area contributed by atoms with Gasteiger partial charge in [0.25, 0.3) is 5.91 Å². The molecular formula is C17H18N2O6S. The van der Waals surface area contributed by atoms with Gasteiger partial charge in [-0.3, -0.25) is 10.1 Å². The third-order valence-electron chi connectivity index (χ3n) is 3.22. The van der Waals surface area contributed by atoms with Crippen LogP contribution in [0.1, 0.15) is 16.1 Å². The highest BCUT2D eigenvalue weighted by Crippen LogP contribution is 2.25. The Morgan fingerprint density at radius 2 is 2.04 bits per heavy atom. The fourth-order valence-corrected chi connectivity index (χ4v) is 2.39. The van der Waals surface area contributed by atoms with Crippen molar-refractivity contribution in [2.75, 3.05) is 20.0 Å². The number of urea groups is 1. The molecule has 0 spiro atoms. The van der Waals surface area contributed by atoms with Crippen LogP contribution in [0.2, 0.25) is 0 Å². The van der Waals surface area contributed by atoms with Gasteiger partial charge in [-0.2, -0.15) is 0 Å². The number of methoxy groups -OCH3 is 1. The number of furan rings is 1. The molecule has 1 aromatic heterocycles. The topological polar surface area (TPSA) is 107 Å². The Morgan fingerprint density at radius 3 is 2.69 bits per heavy atom. The zero-order valence-corrected chi connectivity index (χ0v) is 15.1. The van der Waals surface area contributed by atoms with Gasteiger partial charge < -0.3 is 19.2 Å². The van der Waals surface area contributed by atoms with Gasteiger partial charge in [0.2, 0.25) is 0 Å². The number of carbonyl (C=O) groups is 3. The van der Waals surface area contributed by atoms with Crippen molar-refractivity contribution in [1.82, 2.24) is 10.6 Å². The molecule has 26 heavy (non-hydrogen) atoms. The van der Waals surface area contributed by atoms with Crippen molar-refractivity contribution < 1.29 is 28.3 Å².